The standard InChI is InChI=1S/C42H23BN2/c1-3-12-26-24(10-1)25-11-2-4-13-27(25)35-23-39-36(22-34(26)35)43-40-30(20-21-33-28-14-5-7-18-37(28)44(39)42(33)40)32-17-9-16-31-29-15-6-8-19-38(29)45(43)41(31)32/h1-23H. The van der Waals surface area contributed by atoms with Gasteiger partial charge >= 0.3 is 6.85 Å². The number of para-hydroxylation sites is 3. The molecule has 45 heavy (non-hydrogen) atoms. The van der Waals surface area contributed by atoms with Gasteiger partial charge in [-0.3, -0.25) is 0 Å². The fourth-order valence-corrected chi connectivity index (χ4v) is 9.18. The zero-order valence-electron chi connectivity index (χ0n) is 24.3. The molecule has 2 aromatic heterocycles. The van der Waals surface area contributed by atoms with E-state index in [-0.39, 0.29) is 6.85 Å². The van der Waals surface area contributed by atoms with Crippen LogP contribution in [0.25, 0.3) is 92.7 Å². The van der Waals surface area contributed by atoms with Crippen LogP contribution in [0, 0.1) is 0 Å². The van der Waals surface area contributed by atoms with Crippen molar-refractivity contribution in [2.24, 2.45) is 0 Å². The summed E-state index contributed by atoms with van der Waals surface area (Å²) in [5.41, 5.74) is 12.0. The van der Waals surface area contributed by atoms with Gasteiger partial charge in [-0.2, -0.15) is 0 Å². The van der Waals surface area contributed by atoms with Gasteiger partial charge in [0, 0.05) is 43.8 Å². The summed E-state index contributed by atoms with van der Waals surface area (Å²) >= 11 is 0. The average molecular weight is 566 g/mol. The lowest BCUT2D eigenvalue weighted by molar-refractivity contribution is 1.18. The highest BCUT2D eigenvalue weighted by molar-refractivity contribution is 6.90. The lowest BCUT2D eigenvalue weighted by Gasteiger charge is -2.34. The molecule has 4 heterocycles. The van der Waals surface area contributed by atoms with Crippen LogP contribution in [-0.4, -0.2) is 15.9 Å². The minimum Gasteiger partial charge on any atom is -0.375 e. The van der Waals surface area contributed by atoms with Crippen molar-refractivity contribution in [3.63, 3.8) is 0 Å². The van der Waals surface area contributed by atoms with Crippen LogP contribution in [0.15, 0.2) is 140 Å². The van der Waals surface area contributed by atoms with Gasteiger partial charge in [0.05, 0.1) is 11.0 Å². The van der Waals surface area contributed by atoms with E-state index >= 15 is 0 Å². The van der Waals surface area contributed by atoms with Crippen LogP contribution in [0.1, 0.15) is 0 Å². The Morgan fingerprint density at radius 3 is 1.67 bits per heavy atom. The van der Waals surface area contributed by atoms with E-state index in [0.29, 0.717) is 0 Å². The zero-order chi connectivity index (χ0) is 29.0. The van der Waals surface area contributed by atoms with Gasteiger partial charge in [-0.1, -0.05) is 121 Å². The van der Waals surface area contributed by atoms with Crippen molar-refractivity contribution in [1.29, 1.82) is 0 Å². The molecule has 12 rings (SSSR count). The van der Waals surface area contributed by atoms with Crippen LogP contribution in [0.3, 0.4) is 0 Å². The number of fused-ring (bicyclic) bond motifs is 17. The molecule has 0 saturated carbocycles. The van der Waals surface area contributed by atoms with Crippen LogP contribution in [0.4, 0.5) is 0 Å². The van der Waals surface area contributed by atoms with E-state index in [1.54, 1.807) is 0 Å². The van der Waals surface area contributed by atoms with Gasteiger partial charge in [0.2, 0.25) is 0 Å². The van der Waals surface area contributed by atoms with E-state index in [1.165, 1.54) is 104 Å². The summed E-state index contributed by atoms with van der Waals surface area (Å²) in [6, 6.07) is 52.5. The zero-order valence-corrected chi connectivity index (χ0v) is 24.3. The van der Waals surface area contributed by atoms with Crippen LogP contribution in [-0.2, 0) is 0 Å². The summed E-state index contributed by atoms with van der Waals surface area (Å²) in [6.45, 7) is 0.0578. The predicted octanol–water partition coefficient (Wildman–Crippen LogP) is 9.30. The van der Waals surface area contributed by atoms with Crippen LogP contribution in [0.2, 0.25) is 0 Å². The molecule has 0 saturated heterocycles. The third kappa shape index (κ3) is 2.51. The maximum Gasteiger partial charge on any atom is 0.333 e. The smallest absolute Gasteiger partial charge is 0.333 e. The summed E-state index contributed by atoms with van der Waals surface area (Å²) in [6.07, 6.45) is 0. The summed E-state index contributed by atoms with van der Waals surface area (Å²) < 4.78 is 5.24. The highest BCUT2D eigenvalue weighted by Gasteiger charge is 2.41. The van der Waals surface area contributed by atoms with Crippen molar-refractivity contribution in [3.05, 3.63) is 140 Å². The largest absolute Gasteiger partial charge is 0.375 e. The van der Waals surface area contributed by atoms with Crippen molar-refractivity contribution in [1.82, 2.24) is 9.05 Å². The molecule has 10 aromatic rings. The second kappa shape index (κ2) is 7.64. The monoisotopic (exact) mass is 566 g/mol. The highest BCUT2D eigenvalue weighted by Crippen LogP contribution is 2.45. The summed E-state index contributed by atoms with van der Waals surface area (Å²) in [5.74, 6) is 0. The molecule has 8 aromatic carbocycles. The van der Waals surface area contributed by atoms with Crippen molar-refractivity contribution in [2.75, 3.05) is 0 Å². The normalized spacial score (nSPS) is 13.3. The van der Waals surface area contributed by atoms with Gasteiger partial charge in [0.15, 0.2) is 0 Å². The van der Waals surface area contributed by atoms with E-state index in [4.69, 9.17) is 0 Å². The molecular formula is C42H23BN2. The molecule has 0 amide bonds. The first-order valence-corrected chi connectivity index (χ1v) is 15.8. The minimum atomic E-state index is 0.0578. The molecule has 0 bridgehead atoms. The molecule has 0 fully saturated rings. The lowest BCUT2D eigenvalue weighted by Crippen LogP contribution is -2.55. The van der Waals surface area contributed by atoms with Gasteiger partial charge < -0.3 is 9.05 Å². The van der Waals surface area contributed by atoms with Gasteiger partial charge in [-0.25, -0.2) is 0 Å². The topological polar surface area (TPSA) is 9.86 Å². The van der Waals surface area contributed by atoms with E-state index in [9.17, 15) is 0 Å². The van der Waals surface area contributed by atoms with Gasteiger partial charge in [0.25, 0.3) is 0 Å². The van der Waals surface area contributed by atoms with Crippen molar-refractivity contribution >= 4 is 93.7 Å². The Labute approximate surface area is 258 Å². The second-order valence-corrected chi connectivity index (χ2v) is 12.8. The first-order valence-electron chi connectivity index (χ1n) is 15.8. The fraction of sp³-hybridized carbons (Fsp3) is 0. The fourth-order valence-electron chi connectivity index (χ4n) is 9.18. The summed E-state index contributed by atoms with van der Waals surface area (Å²) in [4.78, 5) is 0. The average Bonchev–Trinajstić information content (AvgIpc) is 3.63. The Morgan fingerprint density at radius 2 is 0.933 bits per heavy atom. The molecule has 0 unspecified atom stereocenters. The Hall–Kier alpha value is -5.80. The van der Waals surface area contributed by atoms with Crippen LogP contribution < -0.4 is 10.9 Å². The number of benzene rings is 8. The van der Waals surface area contributed by atoms with E-state index < -0.39 is 0 Å². The number of nitrogens with zero attached hydrogens (tertiary/aromatic N) is 2. The highest BCUT2D eigenvalue weighted by atomic mass is 15.0. The number of aromatic nitrogens is 2. The third-order valence-electron chi connectivity index (χ3n) is 10.9. The Balaban J connectivity index is 1.38. The minimum absolute atomic E-state index is 0.0578. The maximum atomic E-state index is 2.66. The van der Waals surface area contributed by atoms with E-state index in [2.05, 4.69) is 149 Å². The molecule has 204 valence electrons. The van der Waals surface area contributed by atoms with Crippen LogP contribution >= 0.6 is 0 Å². The van der Waals surface area contributed by atoms with Crippen molar-refractivity contribution < 1.29 is 0 Å². The number of hydrogen-bond acceptors (Lipinski definition) is 0. The SMILES string of the molecule is c1ccc2c(c1)c1ccccc1c1cc3c(cc21)B1c2c(ccc4c5ccccc5n-3c24)-c2cccc3c4ccccc4n1c23. The Bertz CT molecular complexity index is 2990. The molecule has 0 atom stereocenters. The lowest BCUT2D eigenvalue weighted by atomic mass is 9.45. The molecule has 2 aliphatic rings. The third-order valence-corrected chi connectivity index (χ3v) is 10.9. The number of hydrogen-bond donors (Lipinski definition) is 0. The Morgan fingerprint density at radius 1 is 0.378 bits per heavy atom. The van der Waals surface area contributed by atoms with Gasteiger partial charge in [0.1, 0.15) is 0 Å². The van der Waals surface area contributed by atoms with Crippen molar-refractivity contribution in [3.8, 4) is 16.8 Å². The van der Waals surface area contributed by atoms with Gasteiger partial charge in [-0.15, -0.1) is 0 Å². The maximum absolute atomic E-state index is 2.66. The first-order chi connectivity index (χ1) is 22.4. The molecular weight excluding hydrogens is 543 g/mol. The summed E-state index contributed by atoms with van der Waals surface area (Å²) in [7, 11) is 0. The van der Waals surface area contributed by atoms with Gasteiger partial charge in [-0.05, 0) is 67.0 Å². The van der Waals surface area contributed by atoms with E-state index in [1.807, 2.05) is 0 Å². The molecule has 0 spiro atoms. The first kappa shape index (κ1) is 22.7. The van der Waals surface area contributed by atoms with Crippen molar-refractivity contribution in [2.45, 2.75) is 0 Å². The molecule has 0 aliphatic carbocycles. The molecule has 0 radical (unpaired) electrons. The second-order valence-electron chi connectivity index (χ2n) is 12.8. The quantitative estimate of drug-likeness (QED) is 0.128. The predicted molar refractivity (Wildman–Crippen MR) is 192 cm³/mol. The molecule has 2 aliphatic heterocycles. The number of rotatable bonds is 0. The van der Waals surface area contributed by atoms with E-state index in [0.717, 1.165) is 0 Å². The molecule has 3 heteroatoms. The van der Waals surface area contributed by atoms with Crippen LogP contribution in [0.5, 0.6) is 0 Å². The Kier molecular flexibility index (Phi) is 3.85. The molecule has 0 N–H and O–H groups in total. The summed E-state index contributed by atoms with van der Waals surface area (Å²) in [5, 5.41) is 13.2. The molecule has 2 nitrogen and oxygen atoms in total.